The number of hydrogen-bond acceptors (Lipinski definition) is 6. The Morgan fingerprint density at radius 1 is 1.20 bits per heavy atom. The summed E-state index contributed by atoms with van der Waals surface area (Å²) in [5, 5.41) is 14.8. The second-order valence-corrected chi connectivity index (χ2v) is 9.21. The van der Waals surface area contributed by atoms with Crippen molar-refractivity contribution in [1.82, 2.24) is 14.9 Å². The zero-order chi connectivity index (χ0) is 25.2. The number of ether oxygens (including phenoxy) is 1. The highest BCUT2D eigenvalue weighted by Gasteiger charge is 2.53. The standard InChI is InChI=1S/C23H23F3N4O5/c1-10(2)29-18-3-11-8-35-9-17(11)30(18)28-7-14(20(31)21(32)19(28)23(29)34)22(33)27-6-13-15(25)4-12(24)5-16(13)26/h4-5,7,10-11,17-18,32H,3,6,8-9H2,1-2H3,(H,27,33)/t11-,17+,18+/m1/s1. The molecule has 4 heterocycles. The number of halogens is 3. The molecule has 0 radical (unpaired) electrons. The summed E-state index contributed by atoms with van der Waals surface area (Å²) in [6.45, 7) is 3.88. The summed E-state index contributed by atoms with van der Waals surface area (Å²) < 4.78 is 48.0. The summed E-state index contributed by atoms with van der Waals surface area (Å²) in [4.78, 5) is 40.7. The van der Waals surface area contributed by atoms with Crippen molar-refractivity contribution in [2.75, 3.05) is 18.2 Å². The van der Waals surface area contributed by atoms with Crippen LogP contribution in [-0.2, 0) is 11.3 Å². The van der Waals surface area contributed by atoms with Gasteiger partial charge in [-0.15, -0.1) is 0 Å². The van der Waals surface area contributed by atoms with Crippen molar-refractivity contribution >= 4 is 11.8 Å². The monoisotopic (exact) mass is 492 g/mol. The molecule has 12 heteroatoms. The van der Waals surface area contributed by atoms with Gasteiger partial charge >= 0.3 is 0 Å². The van der Waals surface area contributed by atoms with Crippen LogP contribution in [0, 0.1) is 23.4 Å². The van der Waals surface area contributed by atoms with Crippen molar-refractivity contribution in [3.63, 3.8) is 0 Å². The second-order valence-electron chi connectivity index (χ2n) is 9.21. The fourth-order valence-electron chi connectivity index (χ4n) is 5.22. The molecule has 2 aromatic rings. The van der Waals surface area contributed by atoms with Crippen molar-refractivity contribution < 1.29 is 32.6 Å². The number of nitrogens with zero attached hydrogens (tertiary/aromatic N) is 3. The van der Waals surface area contributed by atoms with E-state index in [1.165, 1.54) is 4.68 Å². The highest BCUT2D eigenvalue weighted by Crippen LogP contribution is 2.40. The highest BCUT2D eigenvalue weighted by molar-refractivity contribution is 5.99. The van der Waals surface area contributed by atoms with E-state index in [1.54, 1.807) is 4.90 Å². The van der Waals surface area contributed by atoms with E-state index in [1.807, 2.05) is 18.9 Å². The Bertz CT molecular complexity index is 1270. The number of nitrogens with one attached hydrogen (secondary N) is 1. The molecule has 2 N–H and O–H groups in total. The van der Waals surface area contributed by atoms with E-state index in [4.69, 9.17) is 4.74 Å². The molecule has 5 rings (SSSR count). The van der Waals surface area contributed by atoms with Crippen LogP contribution in [0.15, 0.2) is 23.1 Å². The van der Waals surface area contributed by atoms with Crippen LogP contribution >= 0.6 is 0 Å². The number of hydrogen-bond donors (Lipinski definition) is 2. The Kier molecular flexibility index (Phi) is 5.50. The first kappa shape index (κ1) is 23.2. The average molecular weight is 492 g/mol. The predicted octanol–water partition coefficient (Wildman–Crippen LogP) is 1.45. The minimum Gasteiger partial charge on any atom is -0.502 e. The molecule has 0 unspecified atom stereocenters. The molecule has 0 saturated carbocycles. The number of pyridine rings is 1. The van der Waals surface area contributed by atoms with Gasteiger partial charge in [-0.2, -0.15) is 0 Å². The van der Waals surface area contributed by atoms with Gasteiger partial charge in [0.15, 0.2) is 11.4 Å². The minimum atomic E-state index is -1.20. The number of aromatic nitrogens is 1. The molecule has 3 aliphatic heterocycles. The van der Waals surface area contributed by atoms with E-state index in [-0.39, 0.29) is 29.9 Å². The third-order valence-corrected chi connectivity index (χ3v) is 6.83. The lowest BCUT2D eigenvalue weighted by atomic mass is 10.0. The van der Waals surface area contributed by atoms with Crippen LogP contribution in [0.3, 0.4) is 0 Å². The summed E-state index contributed by atoms with van der Waals surface area (Å²) in [6, 6.07) is 0.586. The summed E-state index contributed by atoms with van der Waals surface area (Å²) in [5.74, 6) is -5.84. The summed E-state index contributed by atoms with van der Waals surface area (Å²) in [6.07, 6.45) is 1.41. The first-order chi connectivity index (χ1) is 16.6. The van der Waals surface area contributed by atoms with Gasteiger partial charge < -0.3 is 20.1 Å². The first-order valence-electron chi connectivity index (χ1n) is 11.2. The summed E-state index contributed by atoms with van der Waals surface area (Å²) >= 11 is 0. The first-order valence-corrected chi connectivity index (χ1v) is 11.2. The quantitative estimate of drug-likeness (QED) is 0.670. The number of benzene rings is 1. The van der Waals surface area contributed by atoms with Crippen molar-refractivity contribution in [3.05, 3.63) is 62.8 Å². The van der Waals surface area contributed by atoms with Gasteiger partial charge in [0, 0.05) is 42.4 Å². The Labute approximate surface area is 197 Å². The van der Waals surface area contributed by atoms with Crippen LogP contribution in [0.4, 0.5) is 13.2 Å². The molecule has 35 heavy (non-hydrogen) atoms. The van der Waals surface area contributed by atoms with Crippen molar-refractivity contribution in [2.24, 2.45) is 5.92 Å². The Morgan fingerprint density at radius 3 is 2.54 bits per heavy atom. The maximum Gasteiger partial charge on any atom is 0.278 e. The molecule has 2 amide bonds. The van der Waals surface area contributed by atoms with Crippen molar-refractivity contribution in [3.8, 4) is 5.75 Å². The molecule has 1 aromatic carbocycles. The van der Waals surface area contributed by atoms with Gasteiger partial charge in [0.25, 0.3) is 11.8 Å². The van der Waals surface area contributed by atoms with Gasteiger partial charge in [0.05, 0.1) is 19.3 Å². The van der Waals surface area contributed by atoms with E-state index in [9.17, 15) is 32.7 Å². The number of rotatable bonds is 4. The van der Waals surface area contributed by atoms with Gasteiger partial charge in [-0.25, -0.2) is 13.2 Å². The lowest BCUT2D eigenvalue weighted by Gasteiger charge is -2.46. The predicted molar refractivity (Wildman–Crippen MR) is 116 cm³/mol. The van der Waals surface area contributed by atoms with Crippen LogP contribution in [0.5, 0.6) is 5.75 Å². The Hall–Kier alpha value is -3.54. The normalized spacial score (nSPS) is 22.9. The minimum absolute atomic E-state index is 0.114. The lowest BCUT2D eigenvalue weighted by molar-refractivity contribution is 0.0471. The fraction of sp³-hybridized carbons (Fsp3) is 0.435. The second kappa shape index (κ2) is 8.29. The zero-order valence-electron chi connectivity index (χ0n) is 18.9. The number of fused-ring (bicyclic) bond motifs is 5. The van der Waals surface area contributed by atoms with Crippen LogP contribution in [0.1, 0.15) is 46.7 Å². The number of aromatic hydroxyl groups is 1. The van der Waals surface area contributed by atoms with Gasteiger partial charge in [-0.05, 0) is 20.3 Å². The van der Waals surface area contributed by atoms with E-state index in [0.717, 1.165) is 6.20 Å². The molecule has 0 bridgehead atoms. The van der Waals surface area contributed by atoms with E-state index >= 15 is 0 Å². The van der Waals surface area contributed by atoms with E-state index < -0.39 is 58.1 Å². The highest BCUT2D eigenvalue weighted by atomic mass is 19.1. The Morgan fingerprint density at radius 2 is 1.89 bits per heavy atom. The largest absolute Gasteiger partial charge is 0.502 e. The van der Waals surface area contributed by atoms with Crippen molar-refractivity contribution in [1.29, 1.82) is 0 Å². The molecule has 186 valence electrons. The molecule has 3 aliphatic rings. The maximum atomic E-state index is 14.0. The molecule has 1 aromatic heterocycles. The van der Waals surface area contributed by atoms with Gasteiger partial charge in [-0.1, -0.05) is 0 Å². The van der Waals surface area contributed by atoms with E-state index in [0.29, 0.717) is 31.8 Å². The van der Waals surface area contributed by atoms with Crippen LogP contribution in [-0.4, -0.2) is 58.0 Å². The van der Waals surface area contributed by atoms with Crippen molar-refractivity contribution in [2.45, 2.75) is 45.1 Å². The number of carbonyl (C=O) groups excluding carboxylic acids is 2. The average Bonchev–Trinajstić information content (AvgIpc) is 3.36. The fourth-order valence-corrected chi connectivity index (χ4v) is 5.22. The Balaban J connectivity index is 1.54. The molecular weight excluding hydrogens is 469 g/mol. The molecule has 0 aliphatic carbocycles. The topological polar surface area (TPSA) is 104 Å². The summed E-state index contributed by atoms with van der Waals surface area (Å²) in [7, 11) is 0. The molecule has 2 fully saturated rings. The molecule has 2 saturated heterocycles. The van der Waals surface area contributed by atoms with Crippen LogP contribution < -0.4 is 15.8 Å². The summed E-state index contributed by atoms with van der Waals surface area (Å²) in [5.41, 5.74) is -2.46. The molecule has 0 spiro atoms. The maximum absolute atomic E-state index is 14.0. The molecule has 3 atom stereocenters. The van der Waals surface area contributed by atoms with Gasteiger partial charge in [-0.3, -0.25) is 24.1 Å². The van der Waals surface area contributed by atoms with Crippen LogP contribution in [0.2, 0.25) is 0 Å². The number of amides is 2. The molecular formula is C23H23F3N4O5. The smallest absolute Gasteiger partial charge is 0.278 e. The zero-order valence-corrected chi connectivity index (χ0v) is 18.9. The number of carbonyl (C=O) groups is 2. The third-order valence-electron chi connectivity index (χ3n) is 6.83. The van der Waals surface area contributed by atoms with Gasteiger partial charge in [0.1, 0.15) is 29.2 Å². The third kappa shape index (κ3) is 3.54. The van der Waals surface area contributed by atoms with E-state index in [2.05, 4.69) is 5.32 Å². The van der Waals surface area contributed by atoms with Gasteiger partial charge in [0.2, 0.25) is 5.43 Å². The SMILES string of the molecule is CC(C)N1C(=O)c2c(O)c(=O)c(C(=O)NCc3c(F)cc(F)cc3F)cn2N2[C@H]3COC[C@H]3C[C@@H]12. The lowest BCUT2D eigenvalue weighted by Crippen LogP contribution is -2.63. The molecule has 9 nitrogen and oxygen atoms in total. The van der Waals surface area contributed by atoms with Crippen LogP contribution in [0.25, 0.3) is 0 Å².